The smallest absolute Gasteiger partial charge is 0.237 e. The molecule has 192 valence electrons. The molecule has 0 rings (SSSR count). The van der Waals surface area contributed by atoms with Gasteiger partial charge in [0.15, 0.2) is 0 Å². The number of hydrogen-bond acceptors (Lipinski definition) is 1. The van der Waals surface area contributed by atoms with Crippen LogP contribution < -0.4 is 0 Å². The number of hydrogen-bond donors (Lipinski definition) is 0. The van der Waals surface area contributed by atoms with Gasteiger partial charge in [-0.1, -0.05) is 0 Å². The first kappa shape index (κ1) is 30.1. The van der Waals surface area contributed by atoms with Gasteiger partial charge in [-0.3, -0.25) is 0 Å². The minimum absolute atomic E-state index is 1.04. The molecule has 0 aliphatic heterocycles. The zero-order valence-corrected chi connectivity index (χ0v) is 14.0. The molecule has 0 saturated heterocycles. The maximum Gasteiger partial charge on any atom is 0.462 e. The fraction of sp³-hybridized carbons (Fsp3) is 0.818. The average Bonchev–Trinajstić information content (AvgIpc) is 2.47. The van der Waals surface area contributed by atoms with Gasteiger partial charge in [-0.2, -0.15) is 83.4 Å². The van der Waals surface area contributed by atoms with Crippen LogP contribution in [0, 0.1) is 0 Å². The lowest BCUT2D eigenvalue weighted by Gasteiger charge is -2.46. The van der Waals surface area contributed by atoms with E-state index >= 15 is 0 Å². The second-order valence-corrected chi connectivity index (χ2v) is 5.52. The van der Waals surface area contributed by atoms with Crippen LogP contribution >= 0.6 is 0 Å². The molecule has 0 radical (unpaired) electrons. The van der Waals surface area contributed by atoms with Crippen molar-refractivity contribution in [3.05, 3.63) is 11.5 Å². The molecule has 0 spiro atoms. The number of halogens is 20. The molecule has 0 aromatic rings. The van der Waals surface area contributed by atoms with Crippen LogP contribution in [0.5, 0.6) is 0 Å². The normalized spacial score (nSPS) is 16.8. The largest absolute Gasteiger partial charge is 0.462 e. The summed E-state index contributed by atoms with van der Waals surface area (Å²) in [7, 11) is 0. The van der Waals surface area contributed by atoms with E-state index in [2.05, 4.69) is 0 Å². The molecule has 0 aliphatic carbocycles. The molecule has 21 heteroatoms. The van der Waals surface area contributed by atoms with Crippen molar-refractivity contribution in [2.45, 2.75) is 55.3 Å². The van der Waals surface area contributed by atoms with Crippen LogP contribution in [0.1, 0.15) is 6.92 Å². The third-order valence-corrected chi connectivity index (χ3v) is 3.23. The summed E-state index contributed by atoms with van der Waals surface area (Å²) in [4.78, 5) is -4.57. The van der Waals surface area contributed by atoms with E-state index in [1.165, 1.54) is 0 Å². The summed E-state index contributed by atoms with van der Waals surface area (Å²) in [6, 6.07) is -17.0. The molecule has 0 aromatic carbocycles. The summed E-state index contributed by atoms with van der Waals surface area (Å²) in [6.45, 7) is -1.04. The zero-order chi connectivity index (χ0) is 26.7. The Morgan fingerprint density at radius 1 is 0.469 bits per heavy atom. The Labute approximate surface area is 161 Å². The van der Waals surface area contributed by atoms with E-state index in [9.17, 15) is 87.8 Å². The van der Waals surface area contributed by atoms with Gasteiger partial charge >= 0.3 is 48.4 Å². The molecule has 0 bridgehead atoms. The van der Waals surface area contributed by atoms with Crippen LogP contribution in [0.2, 0.25) is 0 Å². The van der Waals surface area contributed by atoms with Crippen molar-refractivity contribution in [2.75, 3.05) is 0 Å². The predicted octanol–water partition coefficient (Wildman–Crippen LogP) is 7.27. The first-order valence-electron chi connectivity index (χ1n) is 6.70. The Morgan fingerprint density at radius 3 is 0.875 bits per heavy atom. The maximum atomic E-state index is 13.7. The van der Waals surface area contributed by atoms with Gasteiger partial charge in [-0.15, -0.1) is 0 Å². The van der Waals surface area contributed by atoms with Crippen molar-refractivity contribution in [1.29, 1.82) is 0 Å². The molecule has 0 unspecified atom stereocenters. The van der Waals surface area contributed by atoms with E-state index in [1.807, 2.05) is 0 Å². The summed E-state index contributed by atoms with van der Waals surface area (Å²) in [5.41, 5.74) is -5.08. The van der Waals surface area contributed by atoms with Gasteiger partial charge in [0.2, 0.25) is 0 Å². The first-order valence-corrected chi connectivity index (χ1v) is 6.70. The van der Waals surface area contributed by atoms with Crippen LogP contribution in [-0.4, -0.2) is 53.3 Å². The first-order chi connectivity index (χ1) is 13.4. The summed E-state index contributed by atoms with van der Waals surface area (Å²) >= 11 is 0. The van der Waals surface area contributed by atoms with Crippen molar-refractivity contribution in [1.82, 2.24) is 4.90 Å². The number of allylic oxidation sites excluding steroid dienone is 2. The molecule has 32 heavy (non-hydrogen) atoms. The highest BCUT2D eigenvalue weighted by Crippen LogP contribution is 2.60. The van der Waals surface area contributed by atoms with E-state index in [4.69, 9.17) is 0 Å². The molecule has 0 N–H and O–H groups in total. The minimum atomic E-state index is -8.50. The number of rotatable bonds is 6. The second-order valence-electron chi connectivity index (χ2n) is 5.52. The summed E-state index contributed by atoms with van der Waals surface area (Å²) in [6.07, 6.45) is -23.6. The quantitative estimate of drug-likeness (QED) is 0.259. The molecule has 0 amide bonds. The maximum absolute atomic E-state index is 13.7. The van der Waals surface area contributed by atoms with Crippen LogP contribution in [0.15, 0.2) is 11.5 Å². The van der Waals surface area contributed by atoms with E-state index in [0.717, 1.165) is 0 Å². The van der Waals surface area contributed by atoms with Crippen molar-refractivity contribution >= 4 is 0 Å². The summed E-state index contributed by atoms with van der Waals surface area (Å²) < 4.78 is 257. The van der Waals surface area contributed by atoms with Gasteiger partial charge < -0.3 is 0 Å². The zero-order valence-electron chi connectivity index (χ0n) is 14.0. The lowest BCUT2D eigenvalue weighted by atomic mass is 10.1. The second kappa shape index (κ2) is 7.59. The van der Waals surface area contributed by atoms with Gasteiger partial charge in [0, 0.05) is 0 Å². The van der Waals surface area contributed by atoms with Crippen LogP contribution in [0.3, 0.4) is 0 Å². The summed E-state index contributed by atoms with van der Waals surface area (Å²) in [5.74, 6) is -28.3. The number of nitrogens with zero attached hydrogens (tertiary/aromatic N) is 1. The van der Waals surface area contributed by atoms with Crippen LogP contribution in [0.25, 0.3) is 0 Å². The third kappa shape index (κ3) is 4.34. The molecule has 0 atom stereocenters. The van der Waals surface area contributed by atoms with Crippen molar-refractivity contribution in [3.8, 4) is 0 Å². The van der Waals surface area contributed by atoms with Gasteiger partial charge in [-0.25, -0.2) is 9.29 Å². The third-order valence-electron chi connectivity index (χ3n) is 3.23. The average molecular weight is 529 g/mol. The van der Waals surface area contributed by atoms with E-state index < -0.39 is 71.7 Å². The number of alkyl halides is 19. The van der Waals surface area contributed by atoms with Gasteiger partial charge in [0.05, 0.1) is 0 Å². The van der Waals surface area contributed by atoms with Crippen LogP contribution in [0.4, 0.5) is 87.8 Å². The minimum Gasteiger partial charge on any atom is -0.237 e. The van der Waals surface area contributed by atoms with E-state index in [1.54, 1.807) is 0 Å². The SMILES string of the molecule is CC(F)=C(N(C(F)(F)C(F)(F)C(F)(F)F)C(F)(F)C(F)(F)C(F)(F)F)C(F)(F)C(F)(F)F. The van der Waals surface area contributed by atoms with Gasteiger partial charge in [-0.05, 0) is 6.92 Å². The fourth-order valence-electron chi connectivity index (χ4n) is 1.72. The molecule has 0 fully saturated rings. The monoisotopic (exact) mass is 529 g/mol. The lowest BCUT2D eigenvalue weighted by molar-refractivity contribution is -0.456. The Kier molecular flexibility index (Phi) is 7.15. The molecule has 0 aliphatic rings. The van der Waals surface area contributed by atoms with Crippen molar-refractivity contribution in [2.24, 2.45) is 0 Å². The predicted molar refractivity (Wildman–Crippen MR) is 58.5 cm³/mol. The molecule has 0 aromatic heterocycles. The summed E-state index contributed by atoms with van der Waals surface area (Å²) in [5, 5.41) is 0. The molecule has 1 nitrogen and oxygen atoms in total. The Morgan fingerprint density at radius 2 is 0.719 bits per heavy atom. The Hall–Kier alpha value is -1.86. The molecular weight excluding hydrogens is 526 g/mol. The standard InChI is InChI=1S/C11H3F20N/c1-2(12)3(4(13,14)7(19,20)21)32(10(28,29)5(15,16)8(22,23)24)11(30,31)6(17,18)9(25,26)27/h1H3. The fourth-order valence-corrected chi connectivity index (χ4v) is 1.72. The van der Waals surface area contributed by atoms with Crippen LogP contribution in [-0.2, 0) is 0 Å². The topological polar surface area (TPSA) is 3.24 Å². The molecule has 0 heterocycles. The highest BCUT2D eigenvalue weighted by atomic mass is 19.4. The van der Waals surface area contributed by atoms with Crippen molar-refractivity contribution < 1.29 is 87.8 Å². The Bertz CT molecular complexity index is 675. The van der Waals surface area contributed by atoms with Crippen molar-refractivity contribution in [3.63, 3.8) is 0 Å². The molecule has 0 saturated carbocycles. The van der Waals surface area contributed by atoms with E-state index in [0.29, 0.717) is 0 Å². The van der Waals surface area contributed by atoms with Gasteiger partial charge in [0.25, 0.3) is 0 Å². The molecular formula is C11H3F20N. The van der Waals surface area contributed by atoms with E-state index in [-0.39, 0.29) is 0 Å². The van der Waals surface area contributed by atoms with Gasteiger partial charge in [0.1, 0.15) is 11.5 Å². The lowest BCUT2D eigenvalue weighted by Crippen LogP contribution is -2.72. The Balaban J connectivity index is 7.76. The highest BCUT2D eigenvalue weighted by molar-refractivity contribution is 5.23. The highest BCUT2D eigenvalue weighted by Gasteiger charge is 2.86.